The van der Waals surface area contributed by atoms with Gasteiger partial charge >= 0.3 is 0 Å². The lowest BCUT2D eigenvalue weighted by Crippen LogP contribution is -2.42. The lowest BCUT2D eigenvalue weighted by molar-refractivity contribution is 0.0628. The van der Waals surface area contributed by atoms with Crippen molar-refractivity contribution in [2.75, 3.05) is 19.9 Å². The van der Waals surface area contributed by atoms with Crippen molar-refractivity contribution in [3.05, 3.63) is 23.8 Å². The van der Waals surface area contributed by atoms with Crippen molar-refractivity contribution in [3.63, 3.8) is 0 Å². The van der Waals surface area contributed by atoms with Crippen LogP contribution in [0.5, 0.6) is 5.75 Å². The molecule has 0 heterocycles. The molecule has 1 amide bonds. The summed E-state index contributed by atoms with van der Waals surface area (Å²) >= 11 is 0. The van der Waals surface area contributed by atoms with E-state index in [1.165, 1.54) is 19.3 Å². The minimum Gasteiger partial charge on any atom is -0.495 e. The maximum absolute atomic E-state index is 12.6. The number of carbonyl (C=O) groups excluding carboxylic acids is 1. The van der Waals surface area contributed by atoms with Gasteiger partial charge in [-0.25, -0.2) is 0 Å². The quantitative estimate of drug-likeness (QED) is 0.864. The molecule has 2 unspecified atom stereocenters. The molecule has 0 saturated heterocycles. The molecule has 1 aliphatic carbocycles. The second-order valence-corrected chi connectivity index (χ2v) is 5.70. The molecular formula is C16H24N2O2. The van der Waals surface area contributed by atoms with Gasteiger partial charge in [-0.2, -0.15) is 0 Å². The van der Waals surface area contributed by atoms with Gasteiger partial charge in [0.2, 0.25) is 0 Å². The number of nitrogens with two attached hydrogens (primary N) is 1. The van der Waals surface area contributed by atoms with E-state index in [4.69, 9.17) is 10.5 Å². The van der Waals surface area contributed by atoms with Crippen LogP contribution in [0.4, 0.5) is 5.69 Å². The van der Waals surface area contributed by atoms with Crippen molar-refractivity contribution in [1.29, 1.82) is 0 Å². The average Bonchev–Trinajstić information content (AvgIpc) is 2.47. The molecule has 110 valence electrons. The highest BCUT2D eigenvalue weighted by atomic mass is 16.5. The summed E-state index contributed by atoms with van der Waals surface area (Å²) in [6.45, 7) is 2.23. The van der Waals surface area contributed by atoms with E-state index >= 15 is 0 Å². The van der Waals surface area contributed by atoms with Gasteiger partial charge in [0.15, 0.2) is 0 Å². The summed E-state index contributed by atoms with van der Waals surface area (Å²) in [5, 5.41) is 0. The van der Waals surface area contributed by atoms with Crippen LogP contribution < -0.4 is 10.5 Å². The summed E-state index contributed by atoms with van der Waals surface area (Å²) in [4.78, 5) is 14.5. The molecular weight excluding hydrogens is 252 g/mol. The van der Waals surface area contributed by atoms with Crippen molar-refractivity contribution < 1.29 is 9.53 Å². The molecule has 2 atom stereocenters. The molecule has 20 heavy (non-hydrogen) atoms. The zero-order valence-electron chi connectivity index (χ0n) is 12.6. The summed E-state index contributed by atoms with van der Waals surface area (Å²) < 4.78 is 5.19. The monoisotopic (exact) mass is 276 g/mol. The predicted molar refractivity (Wildman–Crippen MR) is 80.9 cm³/mol. The number of amides is 1. The third kappa shape index (κ3) is 2.89. The number of rotatable bonds is 3. The summed E-state index contributed by atoms with van der Waals surface area (Å²) in [7, 11) is 3.46. The first-order chi connectivity index (χ1) is 9.54. The SMILES string of the molecule is COc1cc(C(=O)N(C)C2CCCCC2C)ccc1N. The number of hydrogen-bond donors (Lipinski definition) is 1. The third-order valence-electron chi connectivity index (χ3n) is 4.36. The molecule has 1 saturated carbocycles. The van der Waals surface area contributed by atoms with Crippen LogP contribution >= 0.6 is 0 Å². The van der Waals surface area contributed by atoms with Crippen LogP contribution in [0.2, 0.25) is 0 Å². The van der Waals surface area contributed by atoms with Gasteiger partial charge in [0.25, 0.3) is 5.91 Å². The highest BCUT2D eigenvalue weighted by Gasteiger charge is 2.28. The molecule has 0 bridgehead atoms. The first-order valence-electron chi connectivity index (χ1n) is 7.25. The topological polar surface area (TPSA) is 55.6 Å². The Kier molecular flexibility index (Phi) is 4.53. The number of benzene rings is 1. The van der Waals surface area contributed by atoms with E-state index in [1.54, 1.807) is 25.3 Å². The Morgan fingerprint density at radius 1 is 1.35 bits per heavy atom. The smallest absolute Gasteiger partial charge is 0.253 e. The maximum atomic E-state index is 12.6. The second-order valence-electron chi connectivity index (χ2n) is 5.70. The van der Waals surface area contributed by atoms with E-state index in [-0.39, 0.29) is 5.91 Å². The number of anilines is 1. The molecule has 0 radical (unpaired) electrons. The Morgan fingerprint density at radius 3 is 2.70 bits per heavy atom. The number of ether oxygens (including phenoxy) is 1. The summed E-state index contributed by atoms with van der Waals surface area (Å²) in [6.07, 6.45) is 4.77. The van der Waals surface area contributed by atoms with Gasteiger partial charge in [0.1, 0.15) is 5.75 Å². The van der Waals surface area contributed by atoms with Gasteiger partial charge in [-0.1, -0.05) is 19.8 Å². The van der Waals surface area contributed by atoms with E-state index < -0.39 is 0 Å². The van der Waals surface area contributed by atoms with Crippen LogP contribution in [0.1, 0.15) is 43.0 Å². The number of carbonyl (C=O) groups is 1. The van der Waals surface area contributed by atoms with Crippen molar-refractivity contribution in [2.45, 2.75) is 38.6 Å². The molecule has 1 aliphatic rings. The summed E-state index contributed by atoms with van der Waals surface area (Å²) in [5.41, 5.74) is 6.98. The highest BCUT2D eigenvalue weighted by molar-refractivity contribution is 5.95. The predicted octanol–water partition coefficient (Wildman–Crippen LogP) is 2.93. The van der Waals surface area contributed by atoms with Crippen molar-refractivity contribution >= 4 is 11.6 Å². The average molecular weight is 276 g/mol. The fourth-order valence-corrected chi connectivity index (χ4v) is 3.07. The minimum absolute atomic E-state index is 0.0436. The van der Waals surface area contributed by atoms with Gasteiger partial charge in [0.05, 0.1) is 12.8 Å². The van der Waals surface area contributed by atoms with E-state index in [2.05, 4.69) is 6.92 Å². The second kappa shape index (κ2) is 6.16. The van der Waals surface area contributed by atoms with Gasteiger partial charge in [-0.05, 0) is 37.0 Å². The first kappa shape index (κ1) is 14.7. The van der Waals surface area contributed by atoms with E-state index in [0.717, 1.165) is 6.42 Å². The number of nitrogen functional groups attached to an aromatic ring is 1. The summed E-state index contributed by atoms with van der Waals surface area (Å²) in [6, 6.07) is 5.55. The van der Waals surface area contributed by atoms with Crippen LogP contribution in [0, 0.1) is 5.92 Å². The Balaban J connectivity index is 2.17. The lowest BCUT2D eigenvalue weighted by atomic mass is 9.85. The van der Waals surface area contributed by atoms with Crippen molar-refractivity contribution in [2.24, 2.45) is 5.92 Å². The van der Waals surface area contributed by atoms with Crippen molar-refractivity contribution in [1.82, 2.24) is 4.90 Å². The Morgan fingerprint density at radius 2 is 2.05 bits per heavy atom. The molecule has 1 fully saturated rings. The molecule has 2 rings (SSSR count). The molecule has 2 N–H and O–H groups in total. The number of hydrogen-bond acceptors (Lipinski definition) is 3. The van der Waals surface area contributed by atoms with Gasteiger partial charge in [-0.3, -0.25) is 4.79 Å². The molecule has 1 aromatic carbocycles. The Bertz CT molecular complexity index is 487. The minimum atomic E-state index is 0.0436. The van der Waals surface area contributed by atoms with Crippen LogP contribution in [0.15, 0.2) is 18.2 Å². The Hall–Kier alpha value is -1.71. The maximum Gasteiger partial charge on any atom is 0.253 e. The Labute approximate surface area is 120 Å². The summed E-state index contributed by atoms with van der Waals surface area (Å²) in [5.74, 6) is 1.16. The highest BCUT2D eigenvalue weighted by Crippen LogP contribution is 2.29. The lowest BCUT2D eigenvalue weighted by Gasteiger charge is -2.36. The normalized spacial score (nSPS) is 22.4. The number of nitrogens with zero attached hydrogens (tertiary/aromatic N) is 1. The van der Waals surface area contributed by atoms with E-state index in [0.29, 0.717) is 29.0 Å². The van der Waals surface area contributed by atoms with Crippen LogP contribution in [-0.2, 0) is 0 Å². The van der Waals surface area contributed by atoms with Crippen LogP contribution in [0.3, 0.4) is 0 Å². The zero-order chi connectivity index (χ0) is 14.7. The van der Waals surface area contributed by atoms with E-state index in [1.807, 2.05) is 11.9 Å². The third-order valence-corrected chi connectivity index (χ3v) is 4.36. The zero-order valence-corrected chi connectivity index (χ0v) is 12.6. The van der Waals surface area contributed by atoms with Crippen LogP contribution in [0.25, 0.3) is 0 Å². The van der Waals surface area contributed by atoms with Gasteiger partial charge in [0, 0.05) is 18.7 Å². The van der Waals surface area contributed by atoms with Gasteiger partial charge < -0.3 is 15.4 Å². The molecule has 0 spiro atoms. The first-order valence-corrected chi connectivity index (χ1v) is 7.25. The van der Waals surface area contributed by atoms with Gasteiger partial charge in [-0.15, -0.1) is 0 Å². The molecule has 4 heteroatoms. The fourth-order valence-electron chi connectivity index (χ4n) is 3.07. The molecule has 0 aromatic heterocycles. The number of methoxy groups -OCH3 is 1. The molecule has 1 aromatic rings. The van der Waals surface area contributed by atoms with Crippen molar-refractivity contribution in [3.8, 4) is 5.75 Å². The molecule has 4 nitrogen and oxygen atoms in total. The molecule has 0 aliphatic heterocycles. The van der Waals surface area contributed by atoms with Crippen LogP contribution in [-0.4, -0.2) is 31.0 Å². The fraction of sp³-hybridized carbons (Fsp3) is 0.562. The largest absolute Gasteiger partial charge is 0.495 e. The standard InChI is InChI=1S/C16H24N2O2/c1-11-6-4-5-7-14(11)18(2)16(19)12-8-9-13(17)15(10-12)20-3/h8-11,14H,4-7,17H2,1-3H3. The van der Waals surface area contributed by atoms with E-state index in [9.17, 15) is 4.79 Å².